The predicted octanol–water partition coefficient (Wildman–Crippen LogP) is 0.943. The molecule has 5 heteroatoms. The van der Waals surface area contributed by atoms with Gasteiger partial charge in [-0.2, -0.15) is 0 Å². The molecule has 1 fully saturated rings. The fourth-order valence-electron chi connectivity index (χ4n) is 2.43. The van der Waals surface area contributed by atoms with Crippen molar-refractivity contribution in [3.63, 3.8) is 0 Å². The Balaban J connectivity index is 1.65. The summed E-state index contributed by atoms with van der Waals surface area (Å²) in [6, 6.07) is 10.2. The van der Waals surface area contributed by atoms with E-state index in [1.54, 1.807) is 0 Å². The van der Waals surface area contributed by atoms with Crippen molar-refractivity contribution in [2.45, 2.75) is 25.4 Å². The Morgan fingerprint density at radius 2 is 1.95 bits per heavy atom. The molecule has 1 aliphatic rings. The van der Waals surface area contributed by atoms with E-state index in [1.807, 2.05) is 25.1 Å². The molecule has 106 valence electrons. The van der Waals surface area contributed by atoms with Gasteiger partial charge in [0, 0.05) is 25.2 Å². The lowest BCUT2D eigenvalue weighted by molar-refractivity contribution is 0.395. The van der Waals surface area contributed by atoms with Crippen LogP contribution in [0.5, 0.6) is 0 Å². The SMILES string of the molecule is C[C@]1(NCCNCc2ccccc2)CCS(=O)(=O)C1. The second kappa shape index (κ2) is 6.03. The molecule has 19 heavy (non-hydrogen) atoms. The molecule has 0 spiro atoms. The zero-order chi connectivity index (χ0) is 13.8. The van der Waals surface area contributed by atoms with Crippen LogP contribution in [-0.4, -0.2) is 38.6 Å². The Labute approximate surface area is 115 Å². The molecular formula is C14H22N2O2S. The first kappa shape index (κ1) is 14.5. The zero-order valence-corrected chi connectivity index (χ0v) is 12.2. The van der Waals surface area contributed by atoms with Gasteiger partial charge in [0.2, 0.25) is 0 Å². The van der Waals surface area contributed by atoms with Crippen molar-refractivity contribution in [1.82, 2.24) is 10.6 Å². The lowest BCUT2D eigenvalue weighted by Crippen LogP contribution is -2.46. The summed E-state index contributed by atoms with van der Waals surface area (Å²) in [5.74, 6) is 0.576. The van der Waals surface area contributed by atoms with Crippen molar-refractivity contribution in [1.29, 1.82) is 0 Å². The van der Waals surface area contributed by atoms with Crippen molar-refractivity contribution < 1.29 is 8.42 Å². The van der Waals surface area contributed by atoms with Gasteiger partial charge in [-0.25, -0.2) is 8.42 Å². The molecule has 2 N–H and O–H groups in total. The van der Waals surface area contributed by atoms with Gasteiger partial charge in [0.05, 0.1) is 11.5 Å². The van der Waals surface area contributed by atoms with Crippen LogP contribution in [0.1, 0.15) is 18.9 Å². The fourth-order valence-corrected chi connectivity index (χ4v) is 4.55. The van der Waals surface area contributed by atoms with Crippen LogP contribution in [0.25, 0.3) is 0 Å². The third-order valence-corrected chi connectivity index (χ3v) is 5.43. The Kier molecular flexibility index (Phi) is 4.60. The van der Waals surface area contributed by atoms with Crippen molar-refractivity contribution in [3.05, 3.63) is 35.9 Å². The number of nitrogens with one attached hydrogen (secondary N) is 2. The predicted molar refractivity (Wildman–Crippen MR) is 77.8 cm³/mol. The molecule has 0 bridgehead atoms. The molecule has 1 aromatic rings. The molecule has 1 atom stereocenters. The monoisotopic (exact) mass is 282 g/mol. The fraction of sp³-hybridized carbons (Fsp3) is 0.571. The van der Waals surface area contributed by atoms with E-state index in [-0.39, 0.29) is 11.3 Å². The average molecular weight is 282 g/mol. The molecule has 0 saturated carbocycles. The lowest BCUT2D eigenvalue weighted by atomic mass is 10.0. The first-order valence-electron chi connectivity index (χ1n) is 6.69. The molecule has 2 rings (SSSR count). The number of hydrogen-bond donors (Lipinski definition) is 2. The maximum atomic E-state index is 11.5. The van der Waals surface area contributed by atoms with Crippen LogP contribution < -0.4 is 10.6 Å². The Bertz CT molecular complexity index is 501. The number of rotatable bonds is 6. The van der Waals surface area contributed by atoms with Crippen molar-refractivity contribution in [3.8, 4) is 0 Å². The van der Waals surface area contributed by atoms with E-state index in [1.165, 1.54) is 5.56 Å². The zero-order valence-electron chi connectivity index (χ0n) is 11.4. The van der Waals surface area contributed by atoms with Crippen LogP contribution in [0.3, 0.4) is 0 Å². The normalized spacial score (nSPS) is 25.5. The Hall–Kier alpha value is -0.910. The van der Waals surface area contributed by atoms with Crippen LogP contribution in [0.4, 0.5) is 0 Å². The van der Waals surface area contributed by atoms with Crippen molar-refractivity contribution in [2.24, 2.45) is 0 Å². The molecule has 0 radical (unpaired) electrons. The van der Waals surface area contributed by atoms with E-state index in [9.17, 15) is 8.42 Å². The quantitative estimate of drug-likeness (QED) is 0.763. The minimum absolute atomic E-state index is 0.243. The smallest absolute Gasteiger partial charge is 0.152 e. The molecule has 4 nitrogen and oxygen atoms in total. The maximum absolute atomic E-state index is 11.5. The largest absolute Gasteiger partial charge is 0.311 e. The van der Waals surface area contributed by atoms with Crippen LogP contribution in [0.2, 0.25) is 0 Å². The molecule has 1 aliphatic heterocycles. The molecule has 0 aliphatic carbocycles. The average Bonchev–Trinajstić information content (AvgIpc) is 2.65. The summed E-state index contributed by atoms with van der Waals surface area (Å²) >= 11 is 0. The third-order valence-electron chi connectivity index (χ3n) is 3.53. The summed E-state index contributed by atoms with van der Waals surface area (Å²) in [6.45, 7) is 4.47. The highest BCUT2D eigenvalue weighted by molar-refractivity contribution is 7.91. The standard InChI is InChI=1S/C14H22N2O2S/c1-14(7-10-19(17,18)12-14)16-9-8-15-11-13-5-3-2-4-6-13/h2-6,15-16H,7-12H2,1H3/t14-/m0/s1. The lowest BCUT2D eigenvalue weighted by Gasteiger charge is -2.24. The molecule has 1 saturated heterocycles. The van der Waals surface area contributed by atoms with Gasteiger partial charge >= 0.3 is 0 Å². The van der Waals surface area contributed by atoms with Gasteiger partial charge in [0.1, 0.15) is 0 Å². The van der Waals surface area contributed by atoms with E-state index in [0.29, 0.717) is 12.2 Å². The minimum Gasteiger partial charge on any atom is -0.311 e. The third kappa shape index (κ3) is 4.60. The van der Waals surface area contributed by atoms with Gasteiger partial charge < -0.3 is 10.6 Å². The van der Waals surface area contributed by atoms with Crippen LogP contribution >= 0.6 is 0 Å². The van der Waals surface area contributed by atoms with Crippen molar-refractivity contribution in [2.75, 3.05) is 24.6 Å². The van der Waals surface area contributed by atoms with Crippen molar-refractivity contribution >= 4 is 9.84 Å². The first-order chi connectivity index (χ1) is 8.99. The van der Waals surface area contributed by atoms with E-state index in [4.69, 9.17) is 0 Å². The summed E-state index contributed by atoms with van der Waals surface area (Å²) in [5.41, 5.74) is 1.02. The van der Waals surface area contributed by atoms with Gasteiger partial charge in [-0.1, -0.05) is 30.3 Å². The number of benzene rings is 1. The topological polar surface area (TPSA) is 58.2 Å². The maximum Gasteiger partial charge on any atom is 0.152 e. The first-order valence-corrected chi connectivity index (χ1v) is 8.51. The van der Waals surface area contributed by atoms with Gasteiger partial charge in [-0.05, 0) is 18.9 Å². The molecule has 1 aromatic carbocycles. The molecule has 0 unspecified atom stereocenters. The minimum atomic E-state index is -2.82. The molecule has 0 amide bonds. The summed E-state index contributed by atoms with van der Waals surface area (Å²) in [5, 5.41) is 6.71. The van der Waals surface area contributed by atoms with E-state index in [0.717, 1.165) is 19.6 Å². The van der Waals surface area contributed by atoms with Gasteiger partial charge in [-0.15, -0.1) is 0 Å². The van der Waals surface area contributed by atoms with E-state index in [2.05, 4.69) is 22.8 Å². The number of sulfone groups is 1. The molecular weight excluding hydrogens is 260 g/mol. The highest BCUT2D eigenvalue weighted by atomic mass is 32.2. The Morgan fingerprint density at radius 3 is 2.58 bits per heavy atom. The summed E-state index contributed by atoms with van der Waals surface area (Å²) in [4.78, 5) is 0. The van der Waals surface area contributed by atoms with Crippen LogP contribution in [0.15, 0.2) is 30.3 Å². The summed E-state index contributed by atoms with van der Waals surface area (Å²) < 4.78 is 22.9. The van der Waals surface area contributed by atoms with E-state index < -0.39 is 9.84 Å². The van der Waals surface area contributed by atoms with E-state index >= 15 is 0 Å². The highest BCUT2D eigenvalue weighted by Gasteiger charge is 2.37. The highest BCUT2D eigenvalue weighted by Crippen LogP contribution is 2.22. The van der Waals surface area contributed by atoms with Gasteiger partial charge in [-0.3, -0.25) is 0 Å². The van der Waals surface area contributed by atoms with Gasteiger partial charge in [0.15, 0.2) is 9.84 Å². The summed E-state index contributed by atoms with van der Waals surface area (Å²) in [6.07, 6.45) is 0.716. The van der Waals surface area contributed by atoms with Crippen LogP contribution in [0, 0.1) is 0 Å². The van der Waals surface area contributed by atoms with Gasteiger partial charge in [0.25, 0.3) is 0 Å². The second-order valence-electron chi connectivity index (χ2n) is 5.49. The second-order valence-corrected chi connectivity index (χ2v) is 7.68. The van der Waals surface area contributed by atoms with Crippen LogP contribution in [-0.2, 0) is 16.4 Å². The molecule has 0 aromatic heterocycles. The Morgan fingerprint density at radius 1 is 1.21 bits per heavy atom. The number of hydrogen-bond acceptors (Lipinski definition) is 4. The summed E-state index contributed by atoms with van der Waals surface area (Å²) in [7, 11) is -2.82. The molecule has 1 heterocycles.